The Balaban J connectivity index is 1.70. The lowest BCUT2D eigenvalue weighted by Crippen LogP contribution is -2.14. The standard InChI is InChI=1S/C20H16N2O5S/c1-26-18-6-2-3-7-19(18)28(24,25)22-13-8-9-17-15(11-13)16(20(23)21-17)12-14-5-4-10-27-14/h2-12,22H,1H3,(H,21,23)/b16-12+. The smallest absolute Gasteiger partial charge is 0.265 e. The maximum absolute atomic E-state index is 12.8. The van der Waals surface area contributed by atoms with Crippen LogP contribution in [0.1, 0.15) is 11.3 Å². The molecule has 0 saturated heterocycles. The van der Waals surface area contributed by atoms with Crippen molar-refractivity contribution in [2.24, 2.45) is 0 Å². The van der Waals surface area contributed by atoms with Crippen LogP contribution in [0.3, 0.4) is 0 Å². The number of hydrogen-bond acceptors (Lipinski definition) is 5. The summed E-state index contributed by atoms with van der Waals surface area (Å²) in [4.78, 5) is 12.3. The van der Waals surface area contributed by atoms with Crippen LogP contribution in [0.4, 0.5) is 11.4 Å². The molecule has 4 rings (SSSR count). The predicted molar refractivity (Wildman–Crippen MR) is 105 cm³/mol. The van der Waals surface area contributed by atoms with Crippen LogP contribution in [0.25, 0.3) is 11.6 Å². The number of anilines is 2. The van der Waals surface area contributed by atoms with Crippen molar-refractivity contribution in [3.05, 3.63) is 72.2 Å². The number of amides is 1. The van der Waals surface area contributed by atoms with Gasteiger partial charge < -0.3 is 14.5 Å². The molecule has 0 aliphatic carbocycles. The van der Waals surface area contributed by atoms with E-state index in [9.17, 15) is 13.2 Å². The summed E-state index contributed by atoms with van der Waals surface area (Å²) in [6, 6.07) is 14.6. The number of fused-ring (bicyclic) bond motifs is 1. The second kappa shape index (κ2) is 6.90. The first-order valence-corrected chi connectivity index (χ1v) is 9.83. The van der Waals surface area contributed by atoms with Gasteiger partial charge >= 0.3 is 0 Å². The zero-order chi connectivity index (χ0) is 19.7. The zero-order valence-corrected chi connectivity index (χ0v) is 15.6. The molecule has 0 atom stereocenters. The molecule has 0 bridgehead atoms. The van der Waals surface area contributed by atoms with Gasteiger partial charge in [0.1, 0.15) is 16.4 Å². The van der Waals surface area contributed by atoms with E-state index in [4.69, 9.17) is 9.15 Å². The number of para-hydroxylation sites is 1. The maximum Gasteiger partial charge on any atom is 0.265 e. The van der Waals surface area contributed by atoms with Gasteiger partial charge in [0.25, 0.3) is 15.9 Å². The molecule has 0 spiro atoms. The minimum absolute atomic E-state index is 0.0264. The van der Waals surface area contributed by atoms with E-state index < -0.39 is 10.0 Å². The number of methoxy groups -OCH3 is 1. The summed E-state index contributed by atoms with van der Waals surface area (Å²) in [7, 11) is -2.46. The molecule has 7 nitrogen and oxygen atoms in total. The molecule has 2 heterocycles. The van der Waals surface area contributed by atoms with E-state index >= 15 is 0 Å². The number of ether oxygens (including phenoxy) is 1. The number of carbonyl (C=O) groups is 1. The number of furan rings is 1. The van der Waals surface area contributed by atoms with Crippen LogP contribution in [0.2, 0.25) is 0 Å². The van der Waals surface area contributed by atoms with Crippen molar-refractivity contribution in [1.29, 1.82) is 0 Å². The Morgan fingerprint density at radius 2 is 1.93 bits per heavy atom. The molecule has 28 heavy (non-hydrogen) atoms. The number of sulfonamides is 1. The third-order valence-corrected chi connectivity index (χ3v) is 5.66. The topological polar surface area (TPSA) is 97.6 Å². The molecule has 1 aromatic heterocycles. The van der Waals surface area contributed by atoms with Crippen molar-refractivity contribution in [2.45, 2.75) is 4.90 Å². The Morgan fingerprint density at radius 3 is 2.68 bits per heavy atom. The molecule has 0 saturated carbocycles. The van der Waals surface area contributed by atoms with Crippen LogP contribution in [0.5, 0.6) is 5.75 Å². The van der Waals surface area contributed by atoms with Crippen LogP contribution in [0.15, 0.2) is 70.2 Å². The van der Waals surface area contributed by atoms with E-state index in [0.717, 1.165) is 0 Å². The Morgan fingerprint density at radius 1 is 1.11 bits per heavy atom. The van der Waals surface area contributed by atoms with E-state index in [-0.39, 0.29) is 16.6 Å². The van der Waals surface area contributed by atoms with Gasteiger partial charge in [0.2, 0.25) is 0 Å². The molecule has 3 aromatic rings. The Hall–Kier alpha value is -3.52. The number of benzene rings is 2. The first-order valence-electron chi connectivity index (χ1n) is 8.35. The number of nitrogens with one attached hydrogen (secondary N) is 2. The van der Waals surface area contributed by atoms with Gasteiger partial charge in [-0.1, -0.05) is 12.1 Å². The lowest BCUT2D eigenvalue weighted by atomic mass is 10.1. The van der Waals surface area contributed by atoms with E-state index in [1.54, 1.807) is 54.6 Å². The lowest BCUT2D eigenvalue weighted by molar-refractivity contribution is -0.110. The average Bonchev–Trinajstić information content (AvgIpc) is 3.30. The fourth-order valence-corrected chi connectivity index (χ4v) is 4.18. The van der Waals surface area contributed by atoms with Gasteiger partial charge in [0.05, 0.1) is 18.9 Å². The summed E-state index contributed by atoms with van der Waals surface area (Å²) in [5, 5.41) is 2.75. The SMILES string of the molecule is COc1ccccc1S(=O)(=O)Nc1ccc2c(c1)/C(=C\c1ccco1)C(=O)N2. The highest BCUT2D eigenvalue weighted by atomic mass is 32.2. The van der Waals surface area contributed by atoms with E-state index in [1.165, 1.54) is 19.4 Å². The fourth-order valence-electron chi connectivity index (χ4n) is 2.96. The van der Waals surface area contributed by atoms with E-state index in [2.05, 4.69) is 10.0 Å². The van der Waals surface area contributed by atoms with Crippen molar-refractivity contribution in [1.82, 2.24) is 0 Å². The summed E-state index contributed by atoms with van der Waals surface area (Å²) < 4.78 is 38.5. The molecule has 1 aliphatic rings. The second-order valence-electron chi connectivity index (χ2n) is 6.04. The van der Waals surface area contributed by atoms with Crippen molar-refractivity contribution < 1.29 is 22.4 Å². The number of hydrogen-bond donors (Lipinski definition) is 2. The summed E-state index contributed by atoms with van der Waals surface area (Å²) in [6.45, 7) is 0. The Labute approximate surface area is 161 Å². The third kappa shape index (κ3) is 3.25. The van der Waals surface area contributed by atoms with Crippen molar-refractivity contribution in [3.8, 4) is 5.75 Å². The Kier molecular flexibility index (Phi) is 4.40. The van der Waals surface area contributed by atoms with Crippen LogP contribution >= 0.6 is 0 Å². The van der Waals surface area contributed by atoms with Gasteiger partial charge in [-0.3, -0.25) is 9.52 Å². The molecule has 8 heteroatoms. The highest BCUT2D eigenvalue weighted by molar-refractivity contribution is 7.92. The van der Waals surface area contributed by atoms with Crippen LogP contribution in [-0.4, -0.2) is 21.4 Å². The Bertz CT molecular complexity index is 1180. The molecule has 142 valence electrons. The van der Waals surface area contributed by atoms with Crippen LogP contribution in [-0.2, 0) is 14.8 Å². The van der Waals surface area contributed by atoms with Gasteiger partial charge in [0.15, 0.2) is 0 Å². The average molecular weight is 396 g/mol. The number of rotatable bonds is 5. The largest absolute Gasteiger partial charge is 0.495 e. The van der Waals surface area contributed by atoms with Crippen molar-refractivity contribution in [3.63, 3.8) is 0 Å². The van der Waals surface area contributed by atoms with Gasteiger partial charge in [0, 0.05) is 16.9 Å². The van der Waals surface area contributed by atoms with E-state index in [0.29, 0.717) is 28.3 Å². The molecular weight excluding hydrogens is 380 g/mol. The first kappa shape index (κ1) is 17.9. The van der Waals surface area contributed by atoms with Gasteiger partial charge in [-0.05, 0) is 48.5 Å². The van der Waals surface area contributed by atoms with Crippen LogP contribution < -0.4 is 14.8 Å². The lowest BCUT2D eigenvalue weighted by Gasteiger charge is -2.12. The molecule has 0 fully saturated rings. The molecule has 1 amide bonds. The predicted octanol–water partition coefficient (Wildman–Crippen LogP) is 3.58. The summed E-state index contributed by atoms with van der Waals surface area (Å²) in [5.41, 5.74) is 1.90. The van der Waals surface area contributed by atoms with Gasteiger partial charge in [-0.2, -0.15) is 0 Å². The highest BCUT2D eigenvalue weighted by Gasteiger charge is 2.26. The molecule has 1 aliphatic heterocycles. The second-order valence-corrected chi connectivity index (χ2v) is 7.70. The molecule has 2 aromatic carbocycles. The monoisotopic (exact) mass is 396 g/mol. The normalized spacial score (nSPS) is 14.6. The fraction of sp³-hybridized carbons (Fsp3) is 0.0500. The molecular formula is C20H16N2O5S. The van der Waals surface area contributed by atoms with Crippen molar-refractivity contribution >= 4 is 39.0 Å². The molecule has 0 unspecified atom stereocenters. The van der Waals surface area contributed by atoms with Crippen LogP contribution in [0, 0.1) is 0 Å². The minimum Gasteiger partial charge on any atom is -0.495 e. The third-order valence-electron chi connectivity index (χ3n) is 4.24. The first-order chi connectivity index (χ1) is 13.5. The van der Waals surface area contributed by atoms with E-state index in [1.807, 2.05) is 0 Å². The zero-order valence-electron chi connectivity index (χ0n) is 14.8. The summed E-state index contributed by atoms with van der Waals surface area (Å²) in [5.74, 6) is 0.487. The summed E-state index contributed by atoms with van der Waals surface area (Å²) >= 11 is 0. The maximum atomic E-state index is 12.8. The molecule has 0 radical (unpaired) electrons. The number of carbonyl (C=O) groups excluding carboxylic acids is 1. The quantitative estimate of drug-likeness (QED) is 0.643. The highest BCUT2D eigenvalue weighted by Crippen LogP contribution is 2.36. The van der Waals surface area contributed by atoms with Gasteiger partial charge in [-0.25, -0.2) is 8.42 Å². The minimum atomic E-state index is -3.87. The molecule has 2 N–H and O–H groups in total. The van der Waals surface area contributed by atoms with Gasteiger partial charge in [-0.15, -0.1) is 0 Å². The summed E-state index contributed by atoms with van der Waals surface area (Å²) in [6.07, 6.45) is 3.12. The van der Waals surface area contributed by atoms with Crippen molar-refractivity contribution in [2.75, 3.05) is 17.1 Å².